The summed E-state index contributed by atoms with van der Waals surface area (Å²) in [5.74, 6) is -1.07. The van der Waals surface area contributed by atoms with Crippen LogP contribution in [0, 0.1) is 0 Å². The van der Waals surface area contributed by atoms with E-state index in [9.17, 15) is 9.90 Å². The molecule has 1 fully saturated rings. The summed E-state index contributed by atoms with van der Waals surface area (Å²) >= 11 is 0. The summed E-state index contributed by atoms with van der Waals surface area (Å²) < 4.78 is 7.72. The Morgan fingerprint density at radius 2 is 1.75 bits per heavy atom. The molecule has 0 aliphatic carbocycles. The van der Waals surface area contributed by atoms with Gasteiger partial charge >= 0.3 is 5.97 Å². The van der Waals surface area contributed by atoms with Crippen molar-refractivity contribution >= 4 is 81.0 Å². The lowest BCUT2D eigenvalue weighted by Crippen LogP contribution is -2.47. The van der Waals surface area contributed by atoms with Gasteiger partial charge in [-0.2, -0.15) is 5.10 Å². The second-order valence-electron chi connectivity index (χ2n) is 8.24. The standard InChI is InChI=1S/C22H17B4N3O3/c1-29-13-6-10-8-27-28-12(10)7-11(13)14(21(29)9-2-4-32-5-3-9)15-17(23)19(25)16(22(30)31)20(26)18(15)24/h6-9H,2-5H2,1H3,(H,27,28)(H,30,31). The number of aryl methyl sites for hydroxylation is 1. The van der Waals surface area contributed by atoms with Gasteiger partial charge < -0.3 is 14.4 Å². The van der Waals surface area contributed by atoms with E-state index in [1.807, 2.05) is 13.1 Å². The molecule has 0 saturated carbocycles. The molecule has 2 aromatic carbocycles. The lowest BCUT2D eigenvalue weighted by molar-refractivity contribution is 0.0700. The molecule has 5 rings (SSSR count). The Bertz CT molecular complexity index is 1370. The third-order valence-corrected chi connectivity index (χ3v) is 6.53. The van der Waals surface area contributed by atoms with Crippen LogP contribution < -0.4 is 21.9 Å². The van der Waals surface area contributed by atoms with Gasteiger partial charge in [0, 0.05) is 59.3 Å². The number of aromatic nitrogens is 3. The fourth-order valence-corrected chi connectivity index (χ4v) is 4.93. The Hall–Kier alpha value is -2.86. The molecular formula is C22H17B4N3O3. The Kier molecular flexibility index (Phi) is 5.01. The predicted octanol–water partition coefficient (Wildman–Crippen LogP) is -0.511. The molecule has 4 aromatic rings. The summed E-state index contributed by atoms with van der Waals surface area (Å²) in [5, 5.41) is 18.6. The van der Waals surface area contributed by atoms with Crippen LogP contribution in [-0.4, -0.2) is 70.4 Å². The Labute approximate surface area is 190 Å². The molecule has 6 nitrogen and oxygen atoms in total. The number of H-pyrrole nitrogens is 1. The van der Waals surface area contributed by atoms with Crippen molar-refractivity contribution in [1.29, 1.82) is 0 Å². The first-order chi connectivity index (χ1) is 15.3. The average molecular weight is 415 g/mol. The van der Waals surface area contributed by atoms with E-state index in [0.29, 0.717) is 18.8 Å². The molecular weight excluding hydrogens is 398 g/mol. The van der Waals surface area contributed by atoms with E-state index in [1.54, 1.807) is 6.20 Å². The van der Waals surface area contributed by atoms with Crippen LogP contribution in [0.3, 0.4) is 0 Å². The zero-order valence-electron chi connectivity index (χ0n) is 17.6. The van der Waals surface area contributed by atoms with Crippen LogP contribution in [0.4, 0.5) is 0 Å². The van der Waals surface area contributed by atoms with Gasteiger partial charge in [-0.05, 0) is 30.5 Å². The number of fused-ring (bicyclic) bond motifs is 2. The summed E-state index contributed by atoms with van der Waals surface area (Å²) in [4.78, 5) is 11.7. The van der Waals surface area contributed by atoms with Crippen LogP contribution in [0.5, 0.6) is 0 Å². The van der Waals surface area contributed by atoms with Gasteiger partial charge in [-0.3, -0.25) is 5.10 Å². The van der Waals surface area contributed by atoms with Gasteiger partial charge in [-0.1, -0.05) is 21.9 Å². The number of aromatic amines is 1. The van der Waals surface area contributed by atoms with Crippen molar-refractivity contribution < 1.29 is 14.6 Å². The molecule has 0 atom stereocenters. The maximum atomic E-state index is 11.7. The summed E-state index contributed by atoms with van der Waals surface area (Å²) in [6.45, 7) is 1.31. The lowest BCUT2D eigenvalue weighted by atomic mass is 9.63. The Balaban J connectivity index is 1.92. The van der Waals surface area contributed by atoms with E-state index in [4.69, 9.17) is 36.1 Å². The highest BCUT2D eigenvalue weighted by atomic mass is 16.5. The summed E-state index contributed by atoms with van der Waals surface area (Å²) in [7, 11) is 27.2. The second-order valence-corrected chi connectivity index (χ2v) is 8.24. The van der Waals surface area contributed by atoms with E-state index in [-0.39, 0.29) is 33.3 Å². The van der Waals surface area contributed by atoms with Gasteiger partial charge in [0.1, 0.15) is 31.4 Å². The van der Waals surface area contributed by atoms with E-state index >= 15 is 0 Å². The number of carboxylic acids is 1. The van der Waals surface area contributed by atoms with E-state index in [0.717, 1.165) is 45.9 Å². The highest BCUT2D eigenvalue weighted by Gasteiger charge is 2.29. The van der Waals surface area contributed by atoms with Crippen LogP contribution in [0.25, 0.3) is 32.9 Å². The maximum absolute atomic E-state index is 11.7. The van der Waals surface area contributed by atoms with Crippen LogP contribution >= 0.6 is 0 Å². The molecule has 32 heavy (non-hydrogen) atoms. The van der Waals surface area contributed by atoms with E-state index in [2.05, 4.69) is 20.8 Å². The van der Waals surface area contributed by atoms with Crippen molar-refractivity contribution in [2.24, 2.45) is 7.05 Å². The maximum Gasteiger partial charge on any atom is 0.334 e. The molecule has 1 aliphatic heterocycles. The minimum absolute atomic E-state index is 0.0863. The lowest BCUT2D eigenvalue weighted by Gasteiger charge is -2.27. The topological polar surface area (TPSA) is 80.1 Å². The fourth-order valence-electron chi connectivity index (χ4n) is 4.93. The number of nitrogens with zero attached hydrogens (tertiary/aromatic N) is 2. The molecule has 1 aliphatic rings. The number of ether oxygens (including phenoxy) is 1. The third kappa shape index (κ3) is 2.96. The quantitative estimate of drug-likeness (QED) is 0.443. The van der Waals surface area contributed by atoms with Crippen LogP contribution in [-0.2, 0) is 11.8 Å². The van der Waals surface area contributed by atoms with Crippen molar-refractivity contribution in [3.05, 3.63) is 29.6 Å². The summed E-state index contributed by atoms with van der Waals surface area (Å²) in [5.41, 5.74) is 3.95. The van der Waals surface area contributed by atoms with Crippen molar-refractivity contribution in [3.63, 3.8) is 0 Å². The van der Waals surface area contributed by atoms with Crippen molar-refractivity contribution in [1.82, 2.24) is 14.8 Å². The number of benzene rings is 2. The smallest absolute Gasteiger partial charge is 0.334 e. The van der Waals surface area contributed by atoms with Gasteiger partial charge in [0.15, 0.2) is 0 Å². The number of nitrogens with one attached hydrogen (secondary N) is 1. The highest BCUT2D eigenvalue weighted by Crippen LogP contribution is 2.41. The first-order valence-electron chi connectivity index (χ1n) is 10.3. The molecule has 0 bridgehead atoms. The number of hydrogen-bond acceptors (Lipinski definition) is 3. The highest BCUT2D eigenvalue weighted by molar-refractivity contribution is 6.62. The minimum atomic E-state index is -1.27. The first-order valence-corrected chi connectivity index (χ1v) is 10.3. The normalized spacial score (nSPS) is 15.0. The predicted molar refractivity (Wildman–Crippen MR) is 129 cm³/mol. The van der Waals surface area contributed by atoms with E-state index in [1.165, 1.54) is 0 Å². The first kappa shape index (κ1) is 21.0. The van der Waals surface area contributed by atoms with Gasteiger partial charge in [0.25, 0.3) is 0 Å². The zero-order chi connectivity index (χ0) is 22.7. The number of carbonyl (C=O) groups is 1. The van der Waals surface area contributed by atoms with Gasteiger partial charge in [0.05, 0.1) is 11.7 Å². The molecule has 8 radical (unpaired) electrons. The zero-order valence-corrected chi connectivity index (χ0v) is 17.6. The number of rotatable bonds is 3. The monoisotopic (exact) mass is 415 g/mol. The van der Waals surface area contributed by atoms with Crippen molar-refractivity contribution in [2.75, 3.05) is 13.2 Å². The van der Waals surface area contributed by atoms with Crippen LogP contribution in [0.2, 0.25) is 0 Å². The van der Waals surface area contributed by atoms with Crippen LogP contribution in [0.15, 0.2) is 18.3 Å². The van der Waals surface area contributed by atoms with Gasteiger partial charge in [0.2, 0.25) is 0 Å². The number of aromatic carboxylic acids is 1. The fraction of sp³-hybridized carbons (Fsp3) is 0.273. The molecule has 0 unspecified atom stereocenters. The minimum Gasteiger partial charge on any atom is -0.478 e. The van der Waals surface area contributed by atoms with E-state index < -0.39 is 5.97 Å². The molecule has 0 spiro atoms. The molecule has 150 valence electrons. The molecule has 1 saturated heterocycles. The second kappa shape index (κ2) is 7.62. The molecule has 2 aromatic heterocycles. The summed E-state index contributed by atoms with van der Waals surface area (Å²) in [6, 6.07) is 4.07. The average Bonchev–Trinajstić information content (AvgIpc) is 3.34. The van der Waals surface area contributed by atoms with Gasteiger partial charge in [-0.15, -0.1) is 0 Å². The summed E-state index contributed by atoms with van der Waals surface area (Å²) in [6.07, 6.45) is 3.46. The van der Waals surface area contributed by atoms with Crippen molar-refractivity contribution in [3.8, 4) is 11.1 Å². The molecule has 3 heterocycles. The third-order valence-electron chi connectivity index (χ3n) is 6.53. The number of carboxylic acid groups (broad SMARTS) is 1. The van der Waals surface area contributed by atoms with Crippen molar-refractivity contribution in [2.45, 2.75) is 18.8 Å². The molecule has 10 heteroatoms. The Morgan fingerprint density at radius 1 is 1.09 bits per heavy atom. The van der Waals surface area contributed by atoms with Gasteiger partial charge in [-0.25, -0.2) is 4.79 Å². The molecule has 2 N–H and O–H groups in total. The number of hydrogen-bond donors (Lipinski definition) is 2. The molecule has 0 amide bonds. The van der Waals surface area contributed by atoms with Crippen LogP contribution in [0.1, 0.15) is 34.8 Å². The largest absolute Gasteiger partial charge is 0.478 e. The Morgan fingerprint density at radius 3 is 2.38 bits per heavy atom. The SMILES string of the molecule is [B]c1c([B])c(-c2c(C3CCOCC3)n(C)c3cc4cn[nH]c4cc23)c([B])c([B])c1C(=O)O.